The summed E-state index contributed by atoms with van der Waals surface area (Å²) in [5.41, 5.74) is 0. The van der Waals surface area contributed by atoms with Crippen LogP contribution in [0.5, 0.6) is 0 Å². The van der Waals surface area contributed by atoms with Crippen LogP contribution in [0.15, 0.2) is 18.5 Å². The highest BCUT2D eigenvalue weighted by Gasteiger charge is 2.02. The first-order valence-corrected chi connectivity index (χ1v) is 5.22. The van der Waals surface area contributed by atoms with Gasteiger partial charge in [0.2, 0.25) is 5.95 Å². The fourth-order valence-corrected chi connectivity index (χ4v) is 1.11. The SMILES string of the molecule is O=C(O)CCCCNC(=O)Nc1ncccn1. The molecular formula is C10H14N4O3. The molecule has 17 heavy (non-hydrogen) atoms. The number of carboxylic acids is 1. The molecular weight excluding hydrogens is 224 g/mol. The van der Waals surface area contributed by atoms with E-state index in [1.807, 2.05) is 0 Å². The molecule has 1 heterocycles. The fourth-order valence-electron chi connectivity index (χ4n) is 1.11. The third-order valence-corrected chi connectivity index (χ3v) is 1.89. The van der Waals surface area contributed by atoms with Crippen LogP contribution < -0.4 is 10.6 Å². The molecule has 7 heteroatoms. The molecule has 0 bridgehead atoms. The highest BCUT2D eigenvalue weighted by atomic mass is 16.4. The normalized spacial score (nSPS) is 9.65. The molecule has 3 N–H and O–H groups in total. The predicted molar refractivity (Wildman–Crippen MR) is 60.5 cm³/mol. The number of nitrogens with zero attached hydrogens (tertiary/aromatic N) is 2. The van der Waals surface area contributed by atoms with Crippen LogP contribution >= 0.6 is 0 Å². The maximum atomic E-state index is 11.3. The van der Waals surface area contributed by atoms with Crippen LogP contribution in [0, 0.1) is 0 Å². The third-order valence-electron chi connectivity index (χ3n) is 1.89. The van der Waals surface area contributed by atoms with E-state index in [4.69, 9.17) is 5.11 Å². The molecule has 1 aromatic rings. The van der Waals surface area contributed by atoms with Crippen LogP contribution in [-0.2, 0) is 4.79 Å². The van der Waals surface area contributed by atoms with Gasteiger partial charge >= 0.3 is 12.0 Å². The van der Waals surface area contributed by atoms with E-state index in [9.17, 15) is 9.59 Å². The van der Waals surface area contributed by atoms with Gasteiger partial charge in [0, 0.05) is 25.4 Å². The largest absolute Gasteiger partial charge is 0.481 e. The van der Waals surface area contributed by atoms with E-state index in [0.29, 0.717) is 19.4 Å². The topological polar surface area (TPSA) is 104 Å². The summed E-state index contributed by atoms with van der Waals surface area (Å²) in [5.74, 6) is -0.595. The molecule has 0 radical (unpaired) electrons. The second kappa shape index (κ2) is 7.15. The Labute approximate surface area is 98.3 Å². The minimum absolute atomic E-state index is 0.116. The van der Waals surface area contributed by atoms with Gasteiger partial charge in [0.25, 0.3) is 0 Å². The summed E-state index contributed by atoms with van der Waals surface area (Å²) in [6.07, 6.45) is 4.32. The van der Waals surface area contributed by atoms with Crippen molar-refractivity contribution >= 4 is 17.9 Å². The molecule has 0 aliphatic carbocycles. The summed E-state index contributed by atoms with van der Waals surface area (Å²) in [4.78, 5) is 29.2. The molecule has 0 unspecified atom stereocenters. The van der Waals surface area contributed by atoms with Crippen molar-refractivity contribution < 1.29 is 14.7 Å². The Balaban J connectivity index is 2.12. The van der Waals surface area contributed by atoms with Crippen molar-refractivity contribution in [1.82, 2.24) is 15.3 Å². The maximum Gasteiger partial charge on any atom is 0.321 e. The predicted octanol–water partition coefficient (Wildman–Crippen LogP) is 0.853. The van der Waals surface area contributed by atoms with Crippen LogP contribution in [0.2, 0.25) is 0 Å². The lowest BCUT2D eigenvalue weighted by molar-refractivity contribution is -0.137. The van der Waals surface area contributed by atoms with Crippen LogP contribution in [-0.4, -0.2) is 33.6 Å². The lowest BCUT2D eigenvalue weighted by Gasteiger charge is -2.05. The molecule has 1 aromatic heterocycles. The van der Waals surface area contributed by atoms with Gasteiger partial charge in [0.15, 0.2) is 0 Å². The lowest BCUT2D eigenvalue weighted by atomic mass is 10.2. The number of carboxylic acid groups (broad SMARTS) is 1. The van der Waals surface area contributed by atoms with E-state index in [0.717, 1.165) is 0 Å². The number of aromatic nitrogens is 2. The molecule has 0 saturated carbocycles. The van der Waals surface area contributed by atoms with Crippen molar-refractivity contribution in [3.8, 4) is 0 Å². The van der Waals surface area contributed by atoms with Crippen molar-refractivity contribution in [2.24, 2.45) is 0 Å². The van der Waals surface area contributed by atoms with Crippen LogP contribution in [0.3, 0.4) is 0 Å². The van der Waals surface area contributed by atoms with Gasteiger partial charge in [-0.2, -0.15) is 0 Å². The molecule has 0 saturated heterocycles. The maximum absolute atomic E-state index is 11.3. The van der Waals surface area contributed by atoms with E-state index in [2.05, 4.69) is 20.6 Å². The summed E-state index contributed by atoms with van der Waals surface area (Å²) in [5, 5.41) is 13.4. The van der Waals surface area contributed by atoms with Gasteiger partial charge < -0.3 is 10.4 Å². The minimum Gasteiger partial charge on any atom is -0.481 e. The molecule has 0 aliphatic heterocycles. The average Bonchev–Trinajstić information content (AvgIpc) is 2.29. The van der Waals surface area contributed by atoms with E-state index < -0.39 is 12.0 Å². The zero-order chi connectivity index (χ0) is 12.5. The number of amides is 2. The zero-order valence-corrected chi connectivity index (χ0v) is 9.22. The van der Waals surface area contributed by atoms with Gasteiger partial charge in [-0.25, -0.2) is 14.8 Å². The van der Waals surface area contributed by atoms with E-state index in [1.54, 1.807) is 6.07 Å². The molecule has 0 aromatic carbocycles. The minimum atomic E-state index is -0.827. The van der Waals surface area contributed by atoms with Gasteiger partial charge in [-0.1, -0.05) is 0 Å². The highest BCUT2D eigenvalue weighted by molar-refractivity contribution is 5.87. The van der Waals surface area contributed by atoms with Gasteiger partial charge in [-0.05, 0) is 18.9 Å². The number of aliphatic carboxylic acids is 1. The summed E-state index contributed by atoms with van der Waals surface area (Å²) in [6.45, 7) is 0.423. The number of anilines is 1. The number of rotatable bonds is 6. The standard InChI is InChI=1S/C10H14N4O3/c15-8(16)4-1-2-5-13-10(17)14-9-11-6-3-7-12-9/h3,6-7H,1-2,4-5H2,(H,15,16)(H2,11,12,13,14,17). The second-order valence-electron chi connectivity index (χ2n) is 3.30. The third kappa shape index (κ3) is 6.08. The first-order chi connectivity index (χ1) is 8.18. The number of urea groups is 1. The quantitative estimate of drug-likeness (QED) is 0.637. The lowest BCUT2D eigenvalue weighted by Crippen LogP contribution is -2.30. The van der Waals surface area contributed by atoms with Gasteiger partial charge in [-0.15, -0.1) is 0 Å². The Morgan fingerprint density at radius 3 is 2.59 bits per heavy atom. The second-order valence-corrected chi connectivity index (χ2v) is 3.30. The van der Waals surface area contributed by atoms with Crippen LogP contribution in [0.25, 0.3) is 0 Å². The van der Waals surface area contributed by atoms with E-state index in [-0.39, 0.29) is 12.4 Å². The number of hydrogen-bond donors (Lipinski definition) is 3. The fraction of sp³-hybridized carbons (Fsp3) is 0.400. The van der Waals surface area contributed by atoms with Crippen molar-refractivity contribution in [2.45, 2.75) is 19.3 Å². The van der Waals surface area contributed by atoms with Crippen molar-refractivity contribution in [2.75, 3.05) is 11.9 Å². The zero-order valence-electron chi connectivity index (χ0n) is 9.22. The highest BCUT2D eigenvalue weighted by Crippen LogP contribution is 1.95. The summed E-state index contributed by atoms with van der Waals surface area (Å²) in [6, 6.07) is 1.25. The van der Waals surface area contributed by atoms with Gasteiger partial charge in [0.05, 0.1) is 0 Å². The summed E-state index contributed by atoms with van der Waals surface area (Å²) in [7, 11) is 0. The van der Waals surface area contributed by atoms with Gasteiger partial charge in [0.1, 0.15) is 0 Å². The Bertz CT molecular complexity index is 369. The Hall–Kier alpha value is -2.18. The first kappa shape index (κ1) is 12.9. The van der Waals surface area contributed by atoms with Crippen molar-refractivity contribution in [3.05, 3.63) is 18.5 Å². The van der Waals surface area contributed by atoms with Crippen molar-refractivity contribution in [1.29, 1.82) is 0 Å². The first-order valence-electron chi connectivity index (χ1n) is 5.22. The van der Waals surface area contributed by atoms with Gasteiger partial charge in [-0.3, -0.25) is 10.1 Å². The van der Waals surface area contributed by atoms with E-state index >= 15 is 0 Å². The molecule has 0 spiro atoms. The number of unbranched alkanes of at least 4 members (excludes halogenated alkanes) is 1. The van der Waals surface area contributed by atoms with E-state index in [1.165, 1.54) is 12.4 Å². The van der Waals surface area contributed by atoms with Crippen LogP contribution in [0.1, 0.15) is 19.3 Å². The number of carbonyl (C=O) groups is 2. The monoisotopic (exact) mass is 238 g/mol. The molecule has 0 aliphatic rings. The number of nitrogens with one attached hydrogen (secondary N) is 2. The number of hydrogen-bond acceptors (Lipinski definition) is 4. The Morgan fingerprint density at radius 2 is 1.94 bits per heavy atom. The Kier molecular flexibility index (Phi) is 5.42. The Morgan fingerprint density at radius 1 is 1.24 bits per heavy atom. The molecule has 0 fully saturated rings. The molecule has 0 atom stereocenters. The van der Waals surface area contributed by atoms with Crippen LogP contribution in [0.4, 0.5) is 10.7 Å². The molecule has 7 nitrogen and oxygen atoms in total. The number of carbonyl (C=O) groups excluding carboxylic acids is 1. The summed E-state index contributed by atoms with van der Waals surface area (Å²) >= 11 is 0. The summed E-state index contributed by atoms with van der Waals surface area (Å²) < 4.78 is 0. The molecule has 1 rings (SSSR count). The van der Waals surface area contributed by atoms with Crippen molar-refractivity contribution in [3.63, 3.8) is 0 Å². The molecule has 2 amide bonds. The molecule has 92 valence electrons. The average molecular weight is 238 g/mol. The smallest absolute Gasteiger partial charge is 0.321 e.